The number of hydrogen-bond acceptors (Lipinski definition) is 6. The molecule has 30 heavy (non-hydrogen) atoms. The van der Waals surface area contributed by atoms with Crippen molar-refractivity contribution in [1.82, 2.24) is 25.1 Å². The number of benzene rings is 1. The van der Waals surface area contributed by atoms with Gasteiger partial charge in [0.25, 0.3) is 5.91 Å². The van der Waals surface area contributed by atoms with Crippen molar-refractivity contribution in [2.75, 3.05) is 13.2 Å². The van der Waals surface area contributed by atoms with Gasteiger partial charge in [0.05, 0.1) is 19.3 Å². The van der Waals surface area contributed by atoms with Gasteiger partial charge in [-0.25, -0.2) is 4.98 Å². The van der Waals surface area contributed by atoms with Crippen LogP contribution in [0, 0.1) is 5.92 Å². The van der Waals surface area contributed by atoms with E-state index in [9.17, 15) is 4.79 Å². The molecule has 0 fully saturated rings. The van der Waals surface area contributed by atoms with Gasteiger partial charge in [-0.3, -0.25) is 9.36 Å². The van der Waals surface area contributed by atoms with Gasteiger partial charge in [-0.2, -0.15) is 0 Å². The summed E-state index contributed by atoms with van der Waals surface area (Å²) in [6.07, 6.45) is 5.05. The van der Waals surface area contributed by atoms with Crippen molar-refractivity contribution >= 4 is 5.91 Å². The smallest absolute Gasteiger partial charge is 0.272 e. The van der Waals surface area contributed by atoms with Crippen LogP contribution in [0.3, 0.4) is 0 Å². The molecule has 0 aliphatic carbocycles. The van der Waals surface area contributed by atoms with E-state index in [-0.39, 0.29) is 23.6 Å². The monoisotopic (exact) mass is 409 g/mol. The van der Waals surface area contributed by atoms with Crippen LogP contribution in [0.25, 0.3) is 5.82 Å². The Kier molecular flexibility index (Phi) is 7.00. The number of amides is 1. The molecule has 0 unspecified atom stereocenters. The van der Waals surface area contributed by atoms with Gasteiger partial charge < -0.3 is 14.8 Å². The molecule has 1 atom stereocenters. The molecular weight excluding hydrogens is 382 g/mol. The molecule has 2 aromatic heterocycles. The zero-order chi connectivity index (χ0) is 21.5. The molecule has 1 amide bonds. The number of aromatic nitrogens is 4. The van der Waals surface area contributed by atoms with E-state index < -0.39 is 0 Å². The Hall–Kier alpha value is -3.42. The Bertz CT molecular complexity index is 955. The predicted octanol–water partition coefficient (Wildman–Crippen LogP) is 3.59. The molecule has 0 saturated heterocycles. The molecule has 158 valence electrons. The van der Waals surface area contributed by atoms with Crippen molar-refractivity contribution in [1.29, 1.82) is 0 Å². The van der Waals surface area contributed by atoms with Gasteiger partial charge in [-0.15, -0.1) is 10.2 Å². The van der Waals surface area contributed by atoms with Gasteiger partial charge in [0.15, 0.2) is 23.0 Å². The van der Waals surface area contributed by atoms with Crippen molar-refractivity contribution < 1.29 is 14.3 Å². The fraction of sp³-hybridized carbons (Fsp3) is 0.364. The maximum absolute atomic E-state index is 12.8. The van der Waals surface area contributed by atoms with Gasteiger partial charge in [0, 0.05) is 12.4 Å². The highest BCUT2D eigenvalue weighted by atomic mass is 16.5. The quantitative estimate of drug-likeness (QED) is 0.581. The van der Waals surface area contributed by atoms with Crippen LogP contribution in [0.15, 0.2) is 49.1 Å². The summed E-state index contributed by atoms with van der Waals surface area (Å²) < 4.78 is 13.1. The number of nitrogens with one attached hydrogen (secondary N) is 1. The topological polar surface area (TPSA) is 91.2 Å². The summed E-state index contributed by atoms with van der Waals surface area (Å²) in [6.45, 7) is 9.04. The average molecular weight is 409 g/mol. The van der Waals surface area contributed by atoms with E-state index in [0.29, 0.717) is 30.5 Å². The molecule has 0 aliphatic rings. The minimum absolute atomic E-state index is 0.152. The molecule has 1 N–H and O–H groups in total. The number of rotatable bonds is 9. The summed E-state index contributed by atoms with van der Waals surface area (Å²) in [5, 5.41) is 11.3. The molecule has 8 nitrogen and oxygen atoms in total. The fourth-order valence-corrected chi connectivity index (χ4v) is 3.09. The number of carbonyl (C=O) groups is 1. The second kappa shape index (κ2) is 9.87. The zero-order valence-electron chi connectivity index (χ0n) is 17.7. The van der Waals surface area contributed by atoms with Crippen LogP contribution in [-0.4, -0.2) is 38.9 Å². The summed E-state index contributed by atoms with van der Waals surface area (Å²) in [5.41, 5.74) is 1.19. The Balaban J connectivity index is 1.80. The summed E-state index contributed by atoms with van der Waals surface area (Å²) in [7, 11) is 0. The van der Waals surface area contributed by atoms with Gasteiger partial charge in [0.2, 0.25) is 0 Å². The molecule has 1 aromatic carbocycles. The van der Waals surface area contributed by atoms with Crippen LogP contribution < -0.4 is 14.8 Å². The van der Waals surface area contributed by atoms with Gasteiger partial charge >= 0.3 is 0 Å². The van der Waals surface area contributed by atoms with Gasteiger partial charge in [0.1, 0.15) is 6.33 Å². The molecule has 0 saturated carbocycles. The Morgan fingerprint density at radius 3 is 2.43 bits per heavy atom. The summed E-state index contributed by atoms with van der Waals surface area (Å²) >= 11 is 0. The van der Waals surface area contributed by atoms with Crippen molar-refractivity contribution in [2.45, 2.75) is 33.7 Å². The molecule has 8 heteroatoms. The molecule has 3 aromatic rings. The van der Waals surface area contributed by atoms with Crippen LogP contribution in [-0.2, 0) is 0 Å². The van der Waals surface area contributed by atoms with Crippen LogP contribution in [0.2, 0.25) is 0 Å². The SMILES string of the molecule is CCOc1ccc([C@@H](NC(=O)c2ccc(-n3ccnc3)nn2)C(C)C)cc1OCC. The van der Waals surface area contributed by atoms with E-state index in [1.54, 1.807) is 35.4 Å². The minimum Gasteiger partial charge on any atom is -0.490 e. The van der Waals surface area contributed by atoms with E-state index in [4.69, 9.17) is 9.47 Å². The first-order valence-corrected chi connectivity index (χ1v) is 10.1. The summed E-state index contributed by atoms with van der Waals surface area (Å²) in [6, 6.07) is 8.92. The summed E-state index contributed by atoms with van der Waals surface area (Å²) in [5.74, 6) is 1.82. The van der Waals surface area contributed by atoms with Crippen molar-refractivity contribution in [3.8, 4) is 17.3 Å². The minimum atomic E-state index is -0.287. The lowest BCUT2D eigenvalue weighted by Crippen LogP contribution is -2.32. The van der Waals surface area contributed by atoms with E-state index in [1.807, 2.05) is 32.0 Å². The Morgan fingerprint density at radius 1 is 1.07 bits per heavy atom. The largest absolute Gasteiger partial charge is 0.490 e. The lowest BCUT2D eigenvalue weighted by atomic mass is 9.95. The highest BCUT2D eigenvalue weighted by molar-refractivity contribution is 5.92. The third-order valence-electron chi connectivity index (χ3n) is 4.53. The van der Waals surface area contributed by atoms with Crippen LogP contribution in [0.1, 0.15) is 49.8 Å². The average Bonchev–Trinajstić information content (AvgIpc) is 3.28. The predicted molar refractivity (Wildman–Crippen MR) is 113 cm³/mol. The number of ether oxygens (including phenoxy) is 2. The normalized spacial score (nSPS) is 11.9. The summed E-state index contributed by atoms with van der Waals surface area (Å²) in [4.78, 5) is 16.8. The third-order valence-corrected chi connectivity index (χ3v) is 4.53. The molecule has 3 rings (SSSR count). The lowest BCUT2D eigenvalue weighted by Gasteiger charge is -2.24. The number of carbonyl (C=O) groups excluding carboxylic acids is 1. The first-order chi connectivity index (χ1) is 14.5. The van der Waals surface area contributed by atoms with E-state index >= 15 is 0 Å². The Morgan fingerprint density at radius 2 is 1.83 bits per heavy atom. The second-order valence-electron chi connectivity index (χ2n) is 7.01. The van der Waals surface area contributed by atoms with Gasteiger partial charge in [-0.1, -0.05) is 19.9 Å². The van der Waals surface area contributed by atoms with Crippen molar-refractivity contribution in [3.05, 3.63) is 60.3 Å². The molecule has 0 spiro atoms. The molecule has 0 aliphatic heterocycles. The molecule has 2 heterocycles. The Labute approximate surface area is 176 Å². The van der Waals surface area contributed by atoms with E-state index in [2.05, 4.69) is 34.3 Å². The highest BCUT2D eigenvalue weighted by Crippen LogP contribution is 2.33. The maximum Gasteiger partial charge on any atom is 0.272 e. The van der Waals surface area contributed by atoms with E-state index in [0.717, 1.165) is 5.56 Å². The zero-order valence-corrected chi connectivity index (χ0v) is 17.7. The van der Waals surface area contributed by atoms with Crippen LogP contribution >= 0.6 is 0 Å². The number of imidazole rings is 1. The van der Waals surface area contributed by atoms with E-state index in [1.165, 1.54) is 0 Å². The van der Waals surface area contributed by atoms with Gasteiger partial charge in [-0.05, 0) is 49.6 Å². The third kappa shape index (κ3) is 4.94. The van der Waals surface area contributed by atoms with Crippen LogP contribution in [0.5, 0.6) is 11.5 Å². The second-order valence-corrected chi connectivity index (χ2v) is 7.01. The van der Waals surface area contributed by atoms with Crippen molar-refractivity contribution in [2.24, 2.45) is 5.92 Å². The number of nitrogens with zero attached hydrogens (tertiary/aromatic N) is 4. The number of hydrogen-bond donors (Lipinski definition) is 1. The maximum atomic E-state index is 12.8. The molecule has 0 bridgehead atoms. The first-order valence-electron chi connectivity index (χ1n) is 10.1. The highest BCUT2D eigenvalue weighted by Gasteiger charge is 2.22. The standard InChI is InChI=1S/C22H27N5O3/c1-5-29-18-9-7-16(13-19(18)30-6-2)21(15(3)4)24-22(28)17-8-10-20(26-25-17)27-12-11-23-14-27/h7-15,21H,5-6H2,1-4H3,(H,24,28)/t21-/m0/s1. The van der Waals surface area contributed by atoms with Crippen molar-refractivity contribution in [3.63, 3.8) is 0 Å². The lowest BCUT2D eigenvalue weighted by molar-refractivity contribution is 0.0919. The molecular formula is C22H27N5O3. The first kappa shape index (κ1) is 21.3. The van der Waals surface area contributed by atoms with Crippen LogP contribution in [0.4, 0.5) is 0 Å². The fourth-order valence-electron chi connectivity index (χ4n) is 3.09. The molecule has 0 radical (unpaired) electrons.